The second-order valence-corrected chi connectivity index (χ2v) is 7.45. The summed E-state index contributed by atoms with van der Waals surface area (Å²) in [4.78, 5) is 25.0. The van der Waals surface area contributed by atoms with Gasteiger partial charge in [-0.05, 0) is 32.3 Å². The highest BCUT2D eigenvalue weighted by Gasteiger charge is 2.34. The molecule has 27 heavy (non-hydrogen) atoms. The normalized spacial score (nSPS) is 19.5. The van der Waals surface area contributed by atoms with Gasteiger partial charge in [-0.3, -0.25) is 4.79 Å². The Balaban J connectivity index is 1.70. The van der Waals surface area contributed by atoms with Gasteiger partial charge in [0.1, 0.15) is 18.0 Å². The Bertz CT molecular complexity index is 769. The first kappa shape index (κ1) is 19.5. The van der Waals surface area contributed by atoms with E-state index in [1.54, 1.807) is 12.3 Å². The van der Waals surface area contributed by atoms with Crippen molar-refractivity contribution in [2.45, 2.75) is 12.5 Å². The predicted octanol–water partition coefficient (Wildman–Crippen LogP) is 1.99. The van der Waals surface area contributed by atoms with Gasteiger partial charge in [0.15, 0.2) is 0 Å². The zero-order chi connectivity index (χ0) is 19.4. The average Bonchev–Trinajstić information content (AvgIpc) is 3.01. The van der Waals surface area contributed by atoms with Crippen LogP contribution in [0, 0.1) is 11.7 Å². The van der Waals surface area contributed by atoms with Crippen molar-refractivity contribution in [3.63, 3.8) is 0 Å². The summed E-state index contributed by atoms with van der Waals surface area (Å²) in [5.74, 6) is 0.370. The summed E-state index contributed by atoms with van der Waals surface area (Å²) >= 11 is 6.04. The highest BCUT2D eigenvalue weighted by atomic mass is 35.5. The molecule has 1 aromatic heterocycles. The van der Waals surface area contributed by atoms with Gasteiger partial charge in [0.25, 0.3) is 0 Å². The molecule has 1 fully saturated rings. The van der Waals surface area contributed by atoms with Crippen LogP contribution in [-0.2, 0) is 11.2 Å². The Morgan fingerprint density at radius 1 is 1.37 bits per heavy atom. The van der Waals surface area contributed by atoms with Crippen molar-refractivity contribution in [3.8, 4) is 0 Å². The molecular weight excluding hydrogens is 369 g/mol. The minimum absolute atomic E-state index is 0.0552. The van der Waals surface area contributed by atoms with Crippen LogP contribution in [-0.4, -0.2) is 60.5 Å². The molecule has 1 amide bonds. The van der Waals surface area contributed by atoms with Crippen LogP contribution in [0.3, 0.4) is 0 Å². The number of nitrogens with one attached hydrogen (secondary N) is 1. The van der Waals surface area contributed by atoms with Crippen LogP contribution in [0.1, 0.15) is 5.56 Å². The van der Waals surface area contributed by atoms with Crippen LogP contribution in [0.2, 0.25) is 5.02 Å². The van der Waals surface area contributed by atoms with Crippen molar-refractivity contribution in [2.75, 3.05) is 38.6 Å². The molecule has 2 aromatic rings. The first-order valence-electron chi connectivity index (χ1n) is 8.82. The zero-order valence-corrected chi connectivity index (χ0v) is 16.2. The fraction of sp³-hybridized carbons (Fsp3) is 0.421. The number of amides is 1. The van der Waals surface area contributed by atoms with Crippen LogP contribution >= 0.6 is 11.6 Å². The molecule has 1 aliphatic heterocycles. The van der Waals surface area contributed by atoms with E-state index in [1.807, 2.05) is 20.2 Å². The molecule has 0 saturated carbocycles. The van der Waals surface area contributed by atoms with E-state index in [1.165, 1.54) is 18.5 Å². The summed E-state index contributed by atoms with van der Waals surface area (Å²) in [7, 11) is 4.01. The van der Waals surface area contributed by atoms with E-state index in [9.17, 15) is 9.18 Å². The molecule has 0 spiro atoms. The van der Waals surface area contributed by atoms with Gasteiger partial charge in [-0.2, -0.15) is 0 Å². The first-order valence-corrected chi connectivity index (χ1v) is 9.19. The molecular formula is C19H23ClFN5O. The van der Waals surface area contributed by atoms with Crippen molar-refractivity contribution in [2.24, 2.45) is 5.92 Å². The molecule has 0 radical (unpaired) electrons. The first-order chi connectivity index (χ1) is 12.9. The van der Waals surface area contributed by atoms with Crippen LogP contribution in [0.4, 0.5) is 10.2 Å². The Kier molecular flexibility index (Phi) is 6.23. The van der Waals surface area contributed by atoms with Crippen molar-refractivity contribution in [1.29, 1.82) is 0 Å². The predicted molar refractivity (Wildman–Crippen MR) is 103 cm³/mol. The molecule has 1 saturated heterocycles. The maximum absolute atomic E-state index is 14.0. The lowest BCUT2D eigenvalue weighted by Crippen LogP contribution is -2.44. The van der Waals surface area contributed by atoms with E-state index in [4.69, 9.17) is 11.6 Å². The number of carbonyl (C=O) groups excluding carboxylic acids is 1. The van der Waals surface area contributed by atoms with Gasteiger partial charge in [0.05, 0.1) is 12.5 Å². The largest absolute Gasteiger partial charge is 0.354 e. The molecule has 1 aliphatic rings. The highest BCUT2D eigenvalue weighted by Crippen LogP contribution is 2.24. The summed E-state index contributed by atoms with van der Waals surface area (Å²) in [5, 5.41) is 3.33. The third-order valence-corrected chi connectivity index (χ3v) is 5.03. The second-order valence-electron chi connectivity index (χ2n) is 7.05. The smallest absolute Gasteiger partial charge is 0.224 e. The van der Waals surface area contributed by atoms with Crippen LogP contribution in [0.25, 0.3) is 0 Å². The lowest BCUT2D eigenvalue weighted by atomic mass is 10.0. The number of benzene rings is 1. The molecule has 1 aromatic carbocycles. The number of hydrogen-bond donors (Lipinski definition) is 1. The van der Waals surface area contributed by atoms with Crippen LogP contribution in [0.5, 0.6) is 0 Å². The maximum Gasteiger partial charge on any atom is 0.224 e. The lowest BCUT2D eigenvalue weighted by molar-refractivity contribution is -0.121. The lowest BCUT2D eigenvalue weighted by Gasteiger charge is -2.22. The van der Waals surface area contributed by atoms with Crippen LogP contribution < -0.4 is 10.2 Å². The fourth-order valence-electron chi connectivity index (χ4n) is 3.47. The quantitative estimate of drug-likeness (QED) is 0.816. The van der Waals surface area contributed by atoms with Crippen molar-refractivity contribution in [1.82, 2.24) is 20.2 Å². The molecule has 3 rings (SSSR count). The van der Waals surface area contributed by atoms with E-state index in [0.717, 1.165) is 18.9 Å². The minimum atomic E-state index is -0.462. The van der Waals surface area contributed by atoms with Gasteiger partial charge in [0, 0.05) is 42.3 Å². The Labute approximate surface area is 163 Å². The van der Waals surface area contributed by atoms with E-state index in [0.29, 0.717) is 6.54 Å². The van der Waals surface area contributed by atoms with Crippen molar-refractivity contribution >= 4 is 23.3 Å². The number of rotatable bonds is 6. The highest BCUT2D eigenvalue weighted by molar-refractivity contribution is 6.31. The molecule has 0 unspecified atom stereocenters. The Morgan fingerprint density at radius 3 is 2.85 bits per heavy atom. The molecule has 2 atom stereocenters. The number of aromatic nitrogens is 2. The fourth-order valence-corrected chi connectivity index (χ4v) is 3.70. The summed E-state index contributed by atoms with van der Waals surface area (Å²) < 4.78 is 14.0. The monoisotopic (exact) mass is 391 g/mol. The van der Waals surface area contributed by atoms with Crippen molar-refractivity contribution in [3.05, 3.63) is 53.2 Å². The second kappa shape index (κ2) is 8.63. The maximum atomic E-state index is 14.0. The Morgan fingerprint density at radius 2 is 2.19 bits per heavy atom. The summed E-state index contributed by atoms with van der Waals surface area (Å²) in [6.07, 6.45) is 3.14. The minimum Gasteiger partial charge on any atom is -0.354 e. The molecule has 0 aliphatic carbocycles. The molecule has 8 heteroatoms. The average molecular weight is 392 g/mol. The number of anilines is 1. The van der Waals surface area contributed by atoms with Gasteiger partial charge in [-0.15, -0.1) is 0 Å². The van der Waals surface area contributed by atoms with Crippen LogP contribution in [0.15, 0.2) is 36.8 Å². The molecule has 144 valence electrons. The third-order valence-electron chi connectivity index (χ3n) is 4.68. The molecule has 2 heterocycles. The van der Waals surface area contributed by atoms with Crippen molar-refractivity contribution < 1.29 is 9.18 Å². The Hall–Kier alpha value is -2.25. The van der Waals surface area contributed by atoms with Gasteiger partial charge >= 0.3 is 0 Å². The topological polar surface area (TPSA) is 61.4 Å². The summed E-state index contributed by atoms with van der Waals surface area (Å²) in [6, 6.07) is 6.24. The number of carbonyl (C=O) groups is 1. The van der Waals surface area contributed by atoms with Gasteiger partial charge < -0.3 is 15.1 Å². The van der Waals surface area contributed by atoms with Gasteiger partial charge in [-0.25, -0.2) is 14.4 Å². The molecule has 0 bridgehead atoms. The third kappa shape index (κ3) is 4.93. The SMILES string of the molecule is CN(C)C[C@@H]1CN(c2ccncn2)C[C@H]1NC(=O)Cc1c(F)cccc1Cl. The van der Waals surface area contributed by atoms with Gasteiger partial charge in [-0.1, -0.05) is 17.7 Å². The standard InChI is InChI=1S/C19H23ClFN5O/c1-25(2)9-13-10-26(18-6-7-22-12-23-18)11-17(13)24-19(27)8-14-15(20)4-3-5-16(14)21/h3-7,12-13,17H,8-11H2,1-2H3,(H,24,27)/t13-,17-/m1/s1. The van der Waals surface area contributed by atoms with E-state index < -0.39 is 5.82 Å². The summed E-state index contributed by atoms with van der Waals surface area (Å²) in [5.41, 5.74) is 0.228. The molecule has 6 nitrogen and oxygen atoms in total. The molecule has 1 N–H and O–H groups in total. The number of nitrogens with zero attached hydrogens (tertiary/aromatic N) is 4. The van der Waals surface area contributed by atoms with E-state index in [2.05, 4.69) is 25.1 Å². The number of halogens is 2. The van der Waals surface area contributed by atoms with Gasteiger partial charge in [0.2, 0.25) is 5.91 Å². The van der Waals surface area contributed by atoms with E-state index >= 15 is 0 Å². The number of hydrogen-bond acceptors (Lipinski definition) is 5. The summed E-state index contributed by atoms with van der Waals surface area (Å²) in [6.45, 7) is 2.25. The zero-order valence-electron chi connectivity index (χ0n) is 15.4. The van der Waals surface area contributed by atoms with E-state index in [-0.39, 0.29) is 34.9 Å².